The Kier molecular flexibility index (Phi) is 8.12. The van der Waals surface area contributed by atoms with Gasteiger partial charge in [-0.15, -0.1) is 0 Å². The van der Waals surface area contributed by atoms with Gasteiger partial charge in [0.15, 0.2) is 0 Å². The Balaban J connectivity index is 3.93. The highest BCUT2D eigenvalue weighted by atomic mass is 16.5. The van der Waals surface area contributed by atoms with Gasteiger partial charge >= 0.3 is 0 Å². The number of aliphatic hydroxyl groups is 1. The van der Waals surface area contributed by atoms with Crippen LogP contribution < -0.4 is 11.1 Å². The number of amides is 1. The van der Waals surface area contributed by atoms with Crippen molar-refractivity contribution in [2.45, 2.75) is 39.2 Å². The number of ether oxygens (including phenoxy) is 1. The molecule has 0 heterocycles. The predicted molar refractivity (Wildman–Crippen MR) is 67.6 cm³/mol. The molecule has 0 spiro atoms. The molecule has 0 aliphatic rings. The maximum atomic E-state index is 11.6. The van der Waals surface area contributed by atoms with Crippen LogP contribution in [0.2, 0.25) is 0 Å². The Morgan fingerprint density at radius 2 is 2.12 bits per heavy atom. The van der Waals surface area contributed by atoms with E-state index in [1.165, 1.54) is 0 Å². The van der Waals surface area contributed by atoms with E-state index >= 15 is 0 Å². The minimum absolute atomic E-state index is 0.0498. The smallest absolute Gasteiger partial charge is 0.220 e. The van der Waals surface area contributed by atoms with Gasteiger partial charge in [0.25, 0.3) is 0 Å². The molecule has 0 radical (unpaired) electrons. The number of methoxy groups -OCH3 is 1. The molecular weight excluding hydrogens is 220 g/mol. The zero-order valence-corrected chi connectivity index (χ0v) is 11.2. The Morgan fingerprint density at radius 1 is 1.47 bits per heavy atom. The van der Waals surface area contributed by atoms with Gasteiger partial charge in [0.05, 0.1) is 19.3 Å². The van der Waals surface area contributed by atoms with Gasteiger partial charge < -0.3 is 20.9 Å². The van der Waals surface area contributed by atoms with Crippen LogP contribution in [0.15, 0.2) is 0 Å². The minimum atomic E-state index is -0.315. The topological polar surface area (TPSA) is 84.6 Å². The number of carbonyl (C=O) groups is 1. The van der Waals surface area contributed by atoms with E-state index in [1.807, 2.05) is 0 Å². The first-order chi connectivity index (χ1) is 7.95. The average Bonchev–Trinajstić information content (AvgIpc) is 2.26. The van der Waals surface area contributed by atoms with Crippen molar-refractivity contribution in [3.05, 3.63) is 0 Å². The van der Waals surface area contributed by atoms with E-state index < -0.39 is 0 Å². The van der Waals surface area contributed by atoms with Crippen molar-refractivity contribution in [2.75, 3.05) is 26.9 Å². The van der Waals surface area contributed by atoms with E-state index in [1.54, 1.807) is 7.11 Å². The number of nitrogens with one attached hydrogen (secondary N) is 1. The number of nitrogens with two attached hydrogens (primary N) is 1. The molecule has 102 valence electrons. The van der Waals surface area contributed by atoms with Crippen molar-refractivity contribution in [3.63, 3.8) is 0 Å². The van der Waals surface area contributed by atoms with Gasteiger partial charge in [-0.05, 0) is 24.8 Å². The molecule has 0 aromatic rings. The van der Waals surface area contributed by atoms with Crippen molar-refractivity contribution < 1.29 is 14.6 Å². The van der Waals surface area contributed by atoms with E-state index in [9.17, 15) is 4.79 Å². The van der Waals surface area contributed by atoms with Gasteiger partial charge in [-0.25, -0.2) is 0 Å². The first-order valence-corrected chi connectivity index (χ1v) is 6.04. The fourth-order valence-corrected chi connectivity index (χ4v) is 1.61. The molecule has 0 aromatic heterocycles. The van der Waals surface area contributed by atoms with E-state index in [-0.39, 0.29) is 24.0 Å². The lowest BCUT2D eigenvalue weighted by atomic mass is 9.84. The quantitative estimate of drug-likeness (QED) is 0.545. The summed E-state index contributed by atoms with van der Waals surface area (Å²) in [6.07, 6.45) is 2.15. The molecule has 1 atom stereocenters. The van der Waals surface area contributed by atoms with E-state index in [2.05, 4.69) is 19.2 Å². The number of rotatable bonds is 9. The highest BCUT2D eigenvalue weighted by Crippen LogP contribution is 2.25. The van der Waals surface area contributed by atoms with Crippen molar-refractivity contribution in [1.29, 1.82) is 0 Å². The average molecular weight is 246 g/mol. The number of hydrogen-bond acceptors (Lipinski definition) is 4. The first-order valence-electron chi connectivity index (χ1n) is 6.04. The van der Waals surface area contributed by atoms with E-state index in [4.69, 9.17) is 15.6 Å². The van der Waals surface area contributed by atoms with Crippen LogP contribution in [0.1, 0.15) is 33.1 Å². The highest BCUT2D eigenvalue weighted by Gasteiger charge is 2.19. The van der Waals surface area contributed by atoms with Crippen LogP contribution in [0.5, 0.6) is 0 Å². The van der Waals surface area contributed by atoms with Gasteiger partial charge in [-0.3, -0.25) is 4.79 Å². The molecule has 0 saturated heterocycles. The maximum Gasteiger partial charge on any atom is 0.220 e. The third-order valence-corrected chi connectivity index (χ3v) is 2.80. The van der Waals surface area contributed by atoms with Gasteiger partial charge in [-0.1, -0.05) is 13.8 Å². The molecule has 1 amide bonds. The van der Waals surface area contributed by atoms with Crippen molar-refractivity contribution >= 4 is 5.91 Å². The normalized spacial score (nSPS) is 13.5. The van der Waals surface area contributed by atoms with Crippen LogP contribution in [-0.2, 0) is 9.53 Å². The standard InChI is InChI=1S/C12H26N2O3/c1-12(2,6-7-13)5-4-11(16)14-10(8-15)9-17-3/h10,15H,4-9,13H2,1-3H3,(H,14,16). The van der Waals surface area contributed by atoms with Crippen molar-refractivity contribution in [3.8, 4) is 0 Å². The highest BCUT2D eigenvalue weighted by molar-refractivity contribution is 5.76. The molecule has 5 heteroatoms. The second-order valence-electron chi connectivity index (χ2n) is 5.11. The number of aliphatic hydroxyl groups excluding tert-OH is 1. The van der Waals surface area contributed by atoms with Crippen molar-refractivity contribution in [1.82, 2.24) is 5.32 Å². The largest absolute Gasteiger partial charge is 0.394 e. The summed E-state index contributed by atoms with van der Waals surface area (Å²) in [4.78, 5) is 11.6. The van der Waals surface area contributed by atoms with Gasteiger partial charge in [0.1, 0.15) is 0 Å². The molecule has 0 aliphatic carbocycles. The summed E-state index contributed by atoms with van der Waals surface area (Å²) < 4.78 is 4.89. The van der Waals surface area contributed by atoms with Gasteiger partial charge in [0, 0.05) is 13.5 Å². The summed E-state index contributed by atoms with van der Waals surface area (Å²) in [6, 6.07) is -0.315. The molecule has 0 aromatic carbocycles. The number of hydrogen-bond donors (Lipinski definition) is 3. The van der Waals surface area contributed by atoms with Gasteiger partial charge in [0.2, 0.25) is 5.91 Å². The molecule has 0 saturated carbocycles. The summed E-state index contributed by atoms with van der Waals surface area (Å²) in [6.45, 7) is 5.06. The fourth-order valence-electron chi connectivity index (χ4n) is 1.61. The number of carbonyl (C=O) groups excluding carboxylic acids is 1. The second-order valence-corrected chi connectivity index (χ2v) is 5.11. The van der Waals surface area contributed by atoms with E-state index in [0.29, 0.717) is 19.6 Å². The Labute approximate surface area is 104 Å². The predicted octanol–water partition coefficient (Wildman–Crippen LogP) is 0.265. The third-order valence-electron chi connectivity index (χ3n) is 2.80. The van der Waals surface area contributed by atoms with Crippen LogP contribution in [0, 0.1) is 5.41 Å². The molecule has 4 N–H and O–H groups in total. The lowest BCUT2D eigenvalue weighted by Gasteiger charge is -2.24. The molecule has 0 aliphatic heterocycles. The Morgan fingerprint density at radius 3 is 2.59 bits per heavy atom. The van der Waals surface area contributed by atoms with Crippen molar-refractivity contribution in [2.24, 2.45) is 11.1 Å². The fraction of sp³-hybridized carbons (Fsp3) is 0.917. The Hall–Kier alpha value is -0.650. The molecule has 1 unspecified atom stereocenters. The maximum absolute atomic E-state index is 11.6. The van der Waals surface area contributed by atoms with Gasteiger partial charge in [-0.2, -0.15) is 0 Å². The first kappa shape index (κ1) is 16.4. The van der Waals surface area contributed by atoms with Crippen LogP contribution in [0.25, 0.3) is 0 Å². The molecular formula is C12H26N2O3. The summed E-state index contributed by atoms with van der Waals surface area (Å²) >= 11 is 0. The monoisotopic (exact) mass is 246 g/mol. The van der Waals surface area contributed by atoms with Crippen LogP contribution >= 0.6 is 0 Å². The molecule has 17 heavy (non-hydrogen) atoms. The lowest BCUT2D eigenvalue weighted by Crippen LogP contribution is -2.40. The molecule has 5 nitrogen and oxygen atoms in total. The summed E-state index contributed by atoms with van der Waals surface area (Å²) in [5.74, 6) is -0.0498. The third kappa shape index (κ3) is 8.12. The van der Waals surface area contributed by atoms with E-state index in [0.717, 1.165) is 12.8 Å². The van der Waals surface area contributed by atoms with Crippen LogP contribution in [0.3, 0.4) is 0 Å². The van der Waals surface area contributed by atoms with Crippen LogP contribution in [-0.4, -0.2) is 43.9 Å². The SMILES string of the molecule is COCC(CO)NC(=O)CCC(C)(C)CCN. The summed E-state index contributed by atoms with van der Waals surface area (Å²) in [5, 5.41) is 11.7. The molecule has 0 rings (SSSR count). The zero-order valence-electron chi connectivity index (χ0n) is 11.2. The summed E-state index contributed by atoms with van der Waals surface area (Å²) in [7, 11) is 1.54. The molecule has 0 bridgehead atoms. The molecule has 0 fully saturated rings. The second kappa shape index (κ2) is 8.44. The lowest BCUT2D eigenvalue weighted by molar-refractivity contribution is -0.123. The van der Waals surface area contributed by atoms with Crippen LogP contribution in [0.4, 0.5) is 0 Å². The zero-order chi connectivity index (χ0) is 13.3. The summed E-state index contributed by atoms with van der Waals surface area (Å²) in [5.41, 5.74) is 5.60. The minimum Gasteiger partial charge on any atom is -0.394 e. The Bertz CT molecular complexity index is 220.